The highest BCUT2D eigenvalue weighted by Gasteiger charge is 2.37. The van der Waals surface area contributed by atoms with Crippen LogP contribution in [0.3, 0.4) is 0 Å². The number of fused-ring (bicyclic) bond motifs is 3. The van der Waals surface area contributed by atoms with Crippen LogP contribution in [0.4, 0.5) is 11.4 Å². The van der Waals surface area contributed by atoms with Gasteiger partial charge in [-0.05, 0) is 54.2 Å². The summed E-state index contributed by atoms with van der Waals surface area (Å²) in [5.41, 5.74) is 7.49. The minimum Gasteiger partial charge on any atom is -0.378 e. The quantitative estimate of drug-likeness (QED) is 0.412. The van der Waals surface area contributed by atoms with E-state index in [1.165, 1.54) is 22.4 Å². The van der Waals surface area contributed by atoms with Crippen LogP contribution in [0, 0.1) is 12.8 Å². The Morgan fingerprint density at radius 1 is 0.964 bits per heavy atom. The van der Waals surface area contributed by atoms with Crippen molar-refractivity contribution < 1.29 is 0 Å². The number of allylic oxidation sites excluding steroid dienone is 2. The molecule has 28 heavy (non-hydrogen) atoms. The van der Waals surface area contributed by atoms with Gasteiger partial charge in [-0.25, -0.2) is 0 Å². The minimum absolute atomic E-state index is 0.336. The van der Waals surface area contributed by atoms with Gasteiger partial charge < -0.3 is 5.32 Å². The van der Waals surface area contributed by atoms with E-state index in [9.17, 15) is 0 Å². The van der Waals surface area contributed by atoms with Gasteiger partial charge in [0.05, 0.1) is 11.7 Å². The monoisotopic (exact) mass is 364 g/mol. The molecule has 0 spiro atoms. The van der Waals surface area contributed by atoms with Gasteiger partial charge in [0, 0.05) is 17.8 Å². The van der Waals surface area contributed by atoms with Crippen molar-refractivity contribution in [1.29, 1.82) is 0 Å². The fourth-order valence-electron chi connectivity index (χ4n) is 4.50. The number of aryl methyl sites for hydroxylation is 1. The van der Waals surface area contributed by atoms with Crippen molar-refractivity contribution >= 4 is 17.6 Å². The van der Waals surface area contributed by atoms with Crippen molar-refractivity contribution in [3.8, 4) is 0 Å². The van der Waals surface area contributed by atoms with Crippen molar-refractivity contribution in [2.45, 2.75) is 25.3 Å². The highest BCUT2D eigenvalue weighted by Crippen LogP contribution is 2.49. The van der Waals surface area contributed by atoms with Crippen molar-refractivity contribution in [3.63, 3.8) is 0 Å². The molecule has 3 aromatic rings. The summed E-state index contributed by atoms with van der Waals surface area (Å²) in [6.07, 6.45) is 7.79. The molecule has 2 aliphatic rings. The molecule has 0 aromatic heterocycles. The molecule has 0 amide bonds. The number of nitrogens with one attached hydrogen (secondary N) is 1. The van der Waals surface area contributed by atoms with Crippen molar-refractivity contribution in [2.75, 3.05) is 5.32 Å². The standard InChI is InChI=1S/C26H24N2/c1-18-10-15-25-24(16-18)22-8-5-9-23(22)26(28-25)20-11-13-21(14-12-20)27-17-19-6-3-2-4-7-19/h2-8,10-17,22-23,26,28H,9H2,1H3/t22-,23+,26+/m1/s1. The summed E-state index contributed by atoms with van der Waals surface area (Å²) < 4.78 is 0. The Morgan fingerprint density at radius 2 is 1.79 bits per heavy atom. The summed E-state index contributed by atoms with van der Waals surface area (Å²) in [5, 5.41) is 3.81. The average molecular weight is 364 g/mol. The Kier molecular flexibility index (Phi) is 4.32. The van der Waals surface area contributed by atoms with E-state index in [2.05, 4.69) is 84.0 Å². The van der Waals surface area contributed by atoms with E-state index in [-0.39, 0.29) is 0 Å². The zero-order chi connectivity index (χ0) is 18.9. The van der Waals surface area contributed by atoms with Crippen LogP contribution in [-0.4, -0.2) is 6.21 Å². The Bertz CT molecular complexity index is 1030. The molecule has 0 fully saturated rings. The molecule has 3 aromatic carbocycles. The first-order valence-corrected chi connectivity index (χ1v) is 10.0. The lowest BCUT2D eigenvalue weighted by atomic mass is 9.76. The average Bonchev–Trinajstić information content (AvgIpc) is 3.23. The maximum atomic E-state index is 4.62. The second-order valence-corrected chi connectivity index (χ2v) is 7.83. The molecule has 2 nitrogen and oxygen atoms in total. The van der Waals surface area contributed by atoms with Gasteiger partial charge >= 0.3 is 0 Å². The molecule has 138 valence electrons. The first-order valence-electron chi connectivity index (χ1n) is 10.0. The first kappa shape index (κ1) is 17.0. The SMILES string of the molecule is Cc1ccc2c(c1)[C@@H]1C=CC[C@@H]1[C@H](c1ccc(N=Cc3ccccc3)cc1)N2. The number of rotatable bonds is 3. The number of benzene rings is 3. The fraction of sp³-hybridized carbons (Fsp3) is 0.192. The topological polar surface area (TPSA) is 24.4 Å². The molecule has 5 rings (SSSR count). The van der Waals surface area contributed by atoms with Gasteiger partial charge in [-0.3, -0.25) is 4.99 Å². The normalized spacial score (nSPS) is 22.7. The van der Waals surface area contributed by atoms with Crippen LogP contribution in [0.25, 0.3) is 0 Å². The molecule has 0 saturated heterocycles. The summed E-state index contributed by atoms with van der Waals surface area (Å²) in [7, 11) is 0. The van der Waals surface area contributed by atoms with E-state index >= 15 is 0 Å². The predicted octanol–water partition coefficient (Wildman–Crippen LogP) is 6.57. The number of hydrogen-bond donors (Lipinski definition) is 1. The summed E-state index contributed by atoms with van der Waals surface area (Å²) >= 11 is 0. The molecular weight excluding hydrogens is 340 g/mol. The fourth-order valence-corrected chi connectivity index (χ4v) is 4.50. The molecule has 1 heterocycles. The lowest BCUT2D eigenvalue weighted by Crippen LogP contribution is -2.29. The van der Waals surface area contributed by atoms with Gasteiger partial charge in [-0.2, -0.15) is 0 Å². The van der Waals surface area contributed by atoms with Crippen molar-refractivity contribution in [3.05, 3.63) is 107 Å². The number of anilines is 1. The Labute approximate surface area is 166 Å². The van der Waals surface area contributed by atoms with Crippen molar-refractivity contribution in [2.24, 2.45) is 10.9 Å². The van der Waals surface area contributed by atoms with Gasteiger partial charge in [0.2, 0.25) is 0 Å². The van der Waals surface area contributed by atoms with E-state index in [4.69, 9.17) is 0 Å². The maximum Gasteiger partial charge on any atom is 0.0630 e. The van der Waals surface area contributed by atoms with Crippen LogP contribution in [0.2, 0.25) is 0 Å². The minimum atomic E-state index is 0.336. The van der Waals surface area contributed by atoms with E-state index in [0.29, 0.717) is 17.9 Å². The predicted molar refractivity (Wildman–Crippen MR) is 118 cm³/mol. The Morgan fingerprint density at radius 3 is 2.61 bits per heavy atom. The number of nitrogens with zero attached hydrogens (tertiary/aromatic N) is 1. The summed E-state index contributed by atoms with van der Waals surface area (Å²) in [4.78, 5) is 4.62. The molecule has 1 N–H and O–H groups in total. The largest absolute Gasteiger partial charge is 0.378 e. The summed E-state index contributed by atoms with van der Waals surface area (Å²) in [6, 6.07) is 26.0. The summed E-state index contributed by atoms with van der Waals surface area (Å²) in [5.74, 6) is 1.09. The molecule has 0 unspecified atom stereocenters. The van der Waals surface area contributed by atoms with E-state index in [1.807, 2.05) is 24.4 Å². The van der Waals surface area contributed by atoms with E-state index in [0.717, 1.165) is 17.7 Å². The van der Waals surface area contributed by atoms with Crippen LogP contribution < -0.4 is 5.32 Å². The van der Waals surface area contributed by atoms with Crippen LogP contribution in [0.15, 0.2) is 89.9 Å². The van der Waals surface area contributed by atoms with Crippen molar-refractivity contribution in [1.82, 2.24) is 0 Å². The van der Waals surface area contributed by atoms with Crippen LogP contribution in [0.5, 0.6) is 0 Å². The second-order valence-electron chi connectivity index (χ2n) is 7.83. The molecule has 0 radical (unpaired) electrons. The molecule has 1 aliphatic heterocycles. The molecular formula is C26H24N2. The number of aliphatic imine (C=N–C) groups is 1. The van der Waals surface area contributed by atoms with Crippen LogP contribution in [-0.2, 0) is 0 Å². The number of hydrogen-bond acceptors (Lipinski definition) is 2. The zero-order valence-corrected chi connectivity index (χ0v) is 16.0. The third kappa shape index (κ3) is 3.16. The third-order valence-electron chi connectivity index (χ3n) is 5.93. The van der Waals surface area contributed by atoms with E-state index in [1.54, 1.807) is 0 Å². The zero-order valence-electron chi connectivity index (χ0n) is 16.0. The third-order valence-corrected chi connectivity index (χ3v) is 5.93. The van der Waals surface area contributed by atoms with Gasteiger partial charge in [-0.15, -0.1) is 0 Å². The van der Waals surface area contributed by atoms with Gasteiger partial charge in [0.1, 0.15) is 0 Å². The lowest BCUT2D eigenvalue weighted by Gasteiger charge is -2.37. The molecule has 3 atom stereocenters. The van der Waals surface area contributed by atoms with Crippen LogP contribution in [0.1, 0.15) is 40.6 Å². The Balaban J connectivity index is 1.40. The highest BCUT2D eigenvalue weighted by molar-refractivity contribution is 5.81. The van der Waals surface area contributed by atoms with E-state index < -0.39 is 0 Å². The lowest BCUT2D eigenvalue weighted by molar-refractivity contribution is 0.425. The molecule has 0 saturated carbocycles. The van der Waals surface area contributed by atoms with Gasteiger partial charge in [0.15, 0.2) is 0 Å². The molecule has 2 heteroatoms. The summed E-state index contributed by atoms with van der Waals surface area (Å²) in [6.45, 7) is 2.18. The Hall–Kier alpha value is -3.13. The smallest absolute Gasteiger partial charge is 0.0630 e. The van der Waals surface area contributed by atoms with Crippen LogP contribution >= 0.6 is 0 Å². The highest BCUT2D eigenvalue weighted by atomic mass is 15.0. The second kappa shape index (κ2) is 7.12. The van der Waals surface area contributed by atoms with Gasteiger partial charge in [0.25, 0.3) is 0 Å². The van der Waals surface area contributed by atoms with Gasteiger partial charge in [-0.1, -0.05) is 72.3 Å². The molecule has 1 aliphatic carbocycles. The first-order chi connectivity index (χ1) is 13.8. The molecule has 0 bridgehead atoms. The maximum absolute atomic E-state index is 4.62.